The fourth-order valence-electron chi connectivity index (χ4n) is 0. The topological polar surface area (TPSA) is 20.2 Å². The van der Waals surface area contributed by atoms with Gasteiger partial charge in [0, 0.05) is 0 Å². The molecule has 0 atom stereocenters. The van der Waals surface area contributed by atoms with Crippen molar-refractivity contribution >= 4 is 6.92 Å². The molecule has 0 rings (SSSR count). The van der Waals surface area contributed by atoms with Crippen LogP contribution in [0.25, 0.3) is 0 Å². The molecule has 0 aliphatic heterocycles. The highest BCUT2D eigenvalue weighted by Gasteiger charge is 1.58. The van der Waals surface area contributed by atoms with E-state index in [9.17, 15) is 0 Å². The zero-order valence-corrected chi connectivity index (χ0v) is 3.02. The fourth-order valence-corrected chi connectivity index (χ4v) is 0. The van der Waals surface area contributed by atoms with Crippen LogP contribution in [0.5, 0.6) is 0 Å². The highest BCUT2D eigenvalue weighted by Crippen LogP contribution is 1.60. The Bertz CT molecular complexity index is 10.8. The minimum absolute atomic E-state index is 0.167. The lowest BCUT2D eigenvalue weighted by molar-refractivity contribution is 0.587. The number of rotatable bonds is 0. The largest absolute Gasteiger partial charge is 0.636 e. The predicted molar refractivity (Wildman–Crippen MR) is 19.7 cm³/mol. The molecule has 0 saturated carbocycles. The van der Waals surface area contributed by atoms with Gasteiger partial charge < -0.3 is 5.02 Å². The highest BCUT2D eigenvalue weighted by molar-refractivity contribution is 6.46. The van der Waals surface area contributed by atoms with Gasteiger partial charge >= 0.3 is 0 Å². The zero-order valence-electron chi connectivity index (χ0n) is 3.02. The second-order valence-electron chi connectivity index (χ2n) is 1.09. The Morgan fingerprint density at radius 2 is 1.50 bits per heavy atom. The summed E-state index contributed by atoms with van der Waals surface area (Å²) in [5.74, 6) is 0. The van der Waals surface area contributed by atoms with Crippen LogP contribution >= 0.6 is 0 Å². The first-order valence-corrected chi connectivity index (χ1v) is 1.41. The van der Waals surface area contributed by atoms with Crippen LogP contribution in [0.1, 0.15) is 0 Å². The molecule has 0 spiro atoms. The lowest BCUT2D eigenvalue weighted by Gasteiger charge is -1.93. The molecule has 1 radical (unpaired) electrons. The molecule has 0 unspecified atom stereocenters. The van der Waals surface area contributed by atoms with Crippen LogP contribution in [-0.2, 0) is 0 Å². The van der Waals surface area contributed by atoms with Crippen LogP contribution in [0.3, 0.4) is 0 Å². The predicted octanol–water partition coefficient (Wildman–Crippen LogP) is 0.230. The molecule has 0 fully saturated rings. The van der Waals surface area contributed by atoms with E-state index in [1.54, 1.807) is 13.6 Å². The molecule has 2 heteroatoms. The number of hydrogen-bond acceptors (Lipinski definition) is 1. The van der Waals surface area contributed by atoms with Crippen LogP contribution < -0.4 is 0 Å². The first-order chi connectivity index (χ1) is 1.73. The molecule has 0 aromatic rings. The Labute approximate surface area is 26.8 Å². The van der Waals surface area contributed by atoms with Crippen LogP contribution in [0.2, 0.25) is 13.6 Å². The normalized spacial score (nSPS) is 9.00. The van der Waals surface area contributed by atoms with E-state index < -0.39 is 0 Å². The first-order valence-electron chi connectivity index (χ1n) is 1.41. The molecular formula is C2H7BO-. The van der Waals surface area contributed by atoms with Gasteiger partial charge in [-0.25, -0.2) is 0 Å². The van der Waals surface area contributed by atoms with E-state index in [-0.39, 0.29) is 6.92 Å². The summed E-state index contributed by atoms with van der Waals surface area (Å²) in [6.45, 7) is 3.28. The fraction of sp³-hybridized carbons (Fsp3) is 1.00. The van der Waals surface area contributed by atoms with Gasteiger partial charge in [-0.2, -0.15) is 13.6 Å². The summed E-state index contributed by atoms with van der Waals surface area (Å²) in [7, 11) is 0. The molecule has 4 heavy (non-hydrogen) atoms. The van der Waals surface area contributed by atoms with Gasteiger partial charge in [-0.05, 0) is 6.92 Å². The summed E-state index contributed by atoms with van der Waals surface area (Å²) in [5, 5.41) is 8.06. The lowest BCUT2D eigenvalue weighted by Crippen LogP contribution is -1.93. The Kier molecular flexibility index (Phi) is 1.36. The Morgan fingerprint density at radius 3 is 1.50 bits per heavy atom. The minimum atomic E-state index is -0.167. The standard InChI is InChI=1S/C2H7BO/c1-3(2)4/h4H,1-2H3/q-1. The van der Waals surface area contributed by atoms with E-state index in [4.69, 9.17) is 5.02 Å². The summed E-state index contributed by atoms with van der Waals surface area (Å²) in [6.07, 6.45) is 0. The van der Waals surface area contributed by atoms with E-state index in [1.807, 2.05) is 0 Å². The van der Waals surface area contributed by atoms with Crippen molar-refractivity contribution in [3.63, 3.8) is 0 Å². The third-order valence-electron chi connectivity index (χ3n) is 0. The molecule has 0 aromatic carbocycles. The van der Waals surface area contributed by atoms with Gasteiger partial charge in [0.15, 0.2) is 0 Å². The third kappa shape index (κ3) is 3420. The molecule has 0 aromatic heterocycles. The summed E-state index contributed by atoms with van der Waals surface area (Å²) < 4.78 is 0. The molecule has 1 nitrogen and oxygen atoms in total. The molecule has 0 aliphatic carbocycles. The Hall–Kier alpha value is 0.0249. The van der Waals surface area contributed by atoms with Crippen LogP contribution in [-0.4, -0.2) is 11.9 Å². The molecule has 0 aliphatic rings. The molecule has 0 bridgehead atoms. The summed E-state index contributed by atoms with van der Waals surface area (Å²) in [6, 6.07) is 0. The monoisotopic (exact) mass is 58.1 g/mol. The van der Waals surface area contributed by atoms with Gasteiger partial charge in [0.25, 0.3) is 0 Å². The van der Waals surface area contributed by atoms with Crippen molar-refractivity contribution in [2.45, 2.75) is 13.6 Å². The Morgan fingerprint density at radius 1 is 1.50 bits per heavy atom. The van der Waals surface area contributed by atoms with E-state index >= 15 is 0 Å². The van der Waals surface area contributed by atoms with Crippen molar-refractivity contribution in [3.05, 3.63) is 0 Å². The average Bonchev–Trinajstić information content (AvgIpc) is 0.811. The molecule has 25 valence electrons. The molecule has 0 amide bonds. The van der Waals surface area contributed by atoms with Crippen LogP contribution in [0, 0.1) is 0 Å². The van der Waals surface area contributed by atoms with Crippen molar-refractivity contribution in [2.24, 2.45) is 0 Å². The lowest BCUT2D eigenvalue weighted by atomic mass is 9.76. The maximum atomic E-state index is 8.06. The SMILES string of the molecule is C[B-](C)O. The maximum absolute atomic E-state index is 8.06. The second kappa shape index (κ2) is 1.36. The van der Waals surface area contributed by atoms with Crippen molar-refractivity contribution in [3.8, 4) is 0 Å². The summed E-state index contributed by atoms with van der Waals surface area (Å²) in [4.78, 5) is 0. The number of hydrogen-bond donors (Lipinski definition) is 1. The molecule has 0 heterocycles. The van der Waals surface area contributed by atoms with Crippen molar-refractivity contribution in [1.82, 2.24) is 0 Å². The third-order valence-corrected chi connectivity index (χ3v) is 0. The van der Waals surface area contributed by atoms with E-state index in [0.29, 0.717) is 0 Å². The van der Waals surface area contributed by atoms with Crippen molar-refractivity contribution in [2.75, 3.05) is 0 Å². The van der Waals surface area contributed by atoms with Crippen molar-refractivity contribution in [1.29, 1.82) is 0 Å². The highest BCUT2D eigenvalue weighted by atomic mass is 16.2. The molecule has 0 saturated heterocycles. The van der Waals surface area contributed by atoms with Crippen LogP contribution in [0.15, 0.2) is 0 Å². The Balaban J connectivity index is 2.32. The molecule has 1 N–H and O–H groups in total. The van der Waals surface area contributed by atoms with Gasteiger partial charge in [-0.15, -0.1) is 0 Å². The molecular weight excluding hydrogens is 50.8 g/mol. The summed E-state index contributed by atoms with van der Waals surface area (Å²) >= 11 is 0. The van der Waals surface area contributed by atoms with Crippen molar-refractivity contribution < 1.29 is 5.02 Å². The van der Waals surface area contributed by atoms with Gasteiger partial charge in [0.2, 0.25) is 0 Å². The van der Waals surface area contributed by atoms with Crippen LogP contribution in [0.4, 0.5) is 0 Å². The van der Waals surface area contributed by atoms with Gasteiger partial charge in [-0.3, -0.25) is 0 Å². The zero-order chi connectivity index (χ0) is 3.58. The minimum Gasteiger partial charge on any atom is -0.636 e. The van der Waals surface area contributed by atoms with Gasteiger partial charge in [0.05, 0.1) is 0 Å². The van der Waals surface area contributed by atoms with E-state index in [2.05, 4.69) is 0 Å². The smallest absolute Gasteiger partial charge is 0.0104 e. The second-order valence-corrected chi connectivity index (χ2v) is 1.09. The van der Waals surface area contributed by atoms with E-state index in [1.165, 1.54) is 0 Å². The van der Waals surface area contributed by atoms with Gasteiger partial charge in [-0.1, -0.05) is 0 Å². The van der Waals surface area contributed by atoms with E-state index in [0.717, 1.165) is 0 Å². The maximum Gasteiger partial charge on any atom is -0.0104 e. The average molecular weight is 57.9 g/mol. The first kappa shape index (κ1) is 4.02. The summed E-state index contributed by atoms with van der Waals surface area (Å²) in [5.41, 5.74) is 0. The quantitative estimate of drug-likeness (QED) is 0.395. The van der Waals surface area contributed by atoms with Gasteiger partial charge in [0.1, 0.15) is 0 Å².